The van der Waals surface area contributed by atoms with Gasteiger partial charge in [0.1, 0.15) is 17.4 Å². The Morgan fingerprint density at radius 2 is 1.60 bits per heavy atom. The topological polar surface area (TPSA) is 87.6 Å². The third-order valence-electron chi connectivity index (χ3n) is 4.20. The highest BCUT2D eigenvalue weighted by atomic mass is 16.2. The van der Waals surface area contributed by atoms with Crippen molar-refractivity contribution >= 4 is 34.3 Å². The minimum absolute atomic E-state index is 0.243. The Morgan fingerprint density at radius 3 is 2.08 bits per heavy atom. The zero-order valence-corrected chi connectivity index (χ0v) is 14.3. The number of imidazole rings is 1. The van der Waals surface area contributed by atoms with E-state index in [1.807, 2.05) is 0 Å². The quantitative estimate of drug-likeness (QED) is 0.672. The Bertz CT molecular complexity index is 1100. The summed E-state index contributed by atoms with van der Waals surface area (Å²) in [6, 6.07) is 9.20. The molecule has 2 heterocycles. The molecule has 7 heteroatoms. The van der Waals surface area contributed by atoms with Gasteiger partial charge in [0.2, 0.25) is 11.8 Å². The van der Waals surface area contributed by atoms with E-state index >= 15 is 0 Å². The van der Waals surface area contributed by atoms with E-state index in [0.717, 1.165) is 5.01 Å². The van der Waals surface area contributed by atoms with Crippen LogP contribution in [0, 0.1) is 18.3 Å². The first kappa shape index (κ1) is 16.5. The second-order valence-electron chi connectivity index (χ2n) is 5.83. The molecule has 0 N–H and O–H groups in total. The predicted octanol–water partition coefficient (Wildman–Crippen LogP) is 2.31. The third-order valence-corrected chi connectivity index (χ3v) is 4.20. The van der Waals surface area contributed by atoms with Gasteiger partial charge in [0.15, 0.2) is 5.78 Å². The van der Waals surface area contributed by atoms with Crippen LogP contribution in [0.3, 0.4) is 0 Å². The van der Waals surface area contributed by atoms with Crippen molar-refractivity contribution < 1.29 is 14.4 Å². The Hall–Kier alpha value is -3.40. The number of Topliss-reactive ketones (excluding diaryl/α,β-unsaturated/α-hetero) is 1. The number of hydrogen-bond acceptors (Lipinski definition) is 4. The van der Waals surface area contributed by atoms with Crippen molar-refractivity contribution in [3.63, 3.8) is 0 Å². The number of imide groups is 1. The molecule has 3 aromatic rings. The van der Waals surface area contributed by atoms with Gasteiger partial charge in [-0.2, -0.15) is 10.3 Å². The van der Waals surface area contributed by atoms with E-state index in [1.54, 1.807) is 35.6 Å². The van der Waals surface area contributed by atoms with E-state index in [-0.39, 0.29) is 5.78 Å². The molecule has 0 atom stereocenters. The highest BCUT2D eigenvalue weighted by Gasteiger charge is 2.29. The normalized spacial score (nSPS) is 10.8. The van der Waals surface area contributed by atoms with Crippen LogP contribution in [0.4, 0.5) is 0 Å². The minimum atomic E-state index is -0.484. The first-order chi connectivity index (χ1) is 11.8. The highest BCUT2D eigenvalue weighted by molar-refractivity contribution is 6.11. The largest absolute Gasteiger partial charge is 0.294 e. The number of carbonyl (C=O) groups excluding carboxylic acids is 3. The number of para-hydroxylation sites is 2. The molecule has 0 unspecified atom stereocenters. The van der Waals surface area contributed by atoms with Gasteiger partial charge in [-0.3, -0.25) is 18.8 Å². The van der Waals surface area contributed by atoms with Crippen molar-refractivity contribution in [1.29, 1.82) is 5.26 Å². The van der Waals surface area contributed by atoms with Crippen LogP contribution in [0.25, 0.3) is 16.7 Å². The molecule has 2 aromatic heterocycles. The average Bonchev–Trinajstić information content (AvgIpc) is 2.99. The molecule has 1 aromatic carbocycles. The minimum Gasteiger partial charge on any atom is -0.294 e. The monoisotopic (exact) mass is 336 g/mol. The van der Waals surface area contributed by atoms with Crippen molar-refractivity contribution in [1.82, 2.24) is 9.08 Å². The fourth-order valence-electron chi connectivity index (χ4n) is 3.31. The molecule has 0 aliphatic heterocycles. The van der Waals surface area contributed by atoms with E-state index in [9.17, 15) is 19.6 Å². The summed E-state index contributed by atoms with van der Waals surface area (Å²) in [4.78, 5) is 36.6. The summed E-state index contributed by atoms with van der Waals surface area (Å²) in [5.74, 6) is -1.21. The lowest BCUT2D eigenvalue weighted by Gasteiger charge is -2.20. The molecule has 7 nitrogen and oxygen atoms in total. The summed E-state index contributed by atoms with van der Waals surface area (Å²) in [6.07, 6.45) is 0. The fourth-order valence-corrected chi connectivity index (χ4v) is 3.31. The Kier molecular flexibility index (Phi) is 3.68. The van der Waals surface area contributed by atoms with Crippen molar-refractivity contribution in [2.45, 2.75) is 27.7 Å². The van der Waals surface area contributed by atoms with Crippen LogP contribution in [-0.4, -0.2) is 26.7 Å². The van der Waals surface area contributed by atoms with Crippen LogP contribution < -0.4 is 5.01 Å². The number of hydrogen-bond donors (Lipinski definition) is 0. The lowest BCUT2D eigenvalue weighted by molar-refractivity contribution is -0.126. The summed E-state index contributed by atoms with van der Waals surface area (Å²) in [5, 5.41) is 10.6. The number of aromatic nitrogens is 2. The van der Waals surface area contributed by atoms with E-state index < -0.39 is 11.8 Å². The zero-order valence-electron chi connectivity index (χ0n) is 14.3. The molecule has 0 aliphatic carbocycles. The van der Waals surface area contributed by atoms with Gasteiger partial charge in [0, 0.05) is 13.8 Å². The number of fused-ring (bicyclic) bond motifs is 3. The average molecular weight is 336 g/mol. The Morgan fingerprint density at radius 1 is 1.04 bits per heavy atom. The second kappa shape index (κ2) is 5.60. The van der Waals surface area contributed by atoms with Crippen molar-refractivity contribution in [3.8, 4) is 6.07 Å². The Balaban J connectivity index is 2.68. The zero-order chi connectivity index (χ0) is 18.5. The summed E-state index contributed by atoms with van der Waals surface area (Å²) >= 11 is 0. The van der Waals surface area contributed by atoms with Crippen LogP contribution in [-0.2, 0) is 9.59 Å². The molecule has 0 radical (unpaired) electrons. The summed E-state index contributed by atoms with van der Waals surface area (Å²) < 4.78 is 3.05. The van der Waals surface area contributed by atoms with E-state index in [4.69, 9.17) is 0 Å². The second-order valence-corrected chi connectivity index (χ2v) is 5.83. The standard InChI is InChI=1S/C18H16N4O3/c1-10-16(9-19)20-14-7-5-6-8-15(14)22(18(20)17(10)11(2)23)21(12(3)24)13(4)25/h5-8H,1-4H3. The van der Waals surface area contributed by atoms with Crippen LogP contribution in [0.1, 0.15) is 42.4 Å². The van der Waals surface area contributed by atoms with Gasteiger partial charge in [-0.1, -0.05) is 12.1 Å². The molecule has 126 valence electrons. The molecular weight excluding hydrogens is 320 g/mol. The van der Waals surface area contributed by atoms with Crippen LogP contribution >= 0.6 is 0 Å². The molecule has 2 amide bonds. The fraction of sp³-hybridized carbons (Fsp3) is 0.222. The predicted molar refractivity (Wildman–Crippen MR) is 91.9 cm³/mol. The summed E-state index contributed by atoms with van der Waals surface area (Å²) in [5.41, 5.74) is 2.69. The van der Waals surface area contributed by atoms with Gasteiger partial charge in [0.05, 0.1) is 16.6 Å². The maximum atomic E-state index is 12.3. The summed E-state index contributed by atoms with van der Waals surface area (Å²) in [7, 11) is 0. The van der Waals surface area contributed by atoms with Crippen molar-refractivity contribution in [2.24, 2.45) is 0 Å². The maximum absolute atomic E-state index is 12.3. The van der Waals surface area contributed by atoms with Gasteiger partial charge in [0.25, 0.3) is 0 Å². The molecule has 0 saturated carbocycles. The van der Waals surface area contributed by atoms with E-state index in [2.05, 4.69) is 6.07 Å². The highest BCUT2D eigenvalue weighted by Crippen LogP contribution is 2.31. The Labute approximate surface area is 143 Å². The first-order valence-corrected chi connectivity index (χ1v) is 7.68. The number of nitriles is 1. The van der Waals surface area contributed by atoms with Crippen LogP contribution in [0.15, 0.2) is 24.3 Å². The third kappa shape index (κ3) is 2.15. The molecule has 0 spiro atoms. The van der Waals surface area contributed by atoms with Gasteiger partial charge >= 0.3 is 0 Å². The number of rotatable bonds is 2. The van der Waals surface area contributed by atoms with E-state index in [0.29, 0.717) is 33.5 Å². The van der Waals surface area contributed by atoms with Gasteiger partial charge in [-0.15, -0.1) is 0 Å². The SMILES string of the molecule is CC(=O)c1c(C)c(C#N)n2c3ccccc3n(N(C(C)=O)C(C)=O)c12. The number of amides is 2. The molecule has 0 aliphatic rings. The molecule has 25 heavy (non-hydrogen) atoms. The van der Waals surface area contributed by atoms with E-state index in [1.165, 1.54) is 25.4 Å². The molecular formula is C18H16N4O3. The maximum Gasteiger partial charge on any atom is 0.245 e. The molecule has 0 bridgehead atoms. The lowest BCUT2D eigenvalue weighted by Crippen LogP contribution is -2.42. The summed E-state index contributed by atoms with van der Waals surface area (Å²) in [6.45, 7) is 5.65. The van der Waals surface area contributed by atoms with Crippen molar-refractivity contribution in [2.75, 3.05) is 5.01 Å². The van der Waals surface area contributed by atoms with Gasteiger partial charge < -0.3 is 0 Å². The number of ketones is 1. The first-order valence-electron chi connectivity index (χ1n) is 7.68. The molecule has 3 rings (SSSR count). The van der Waals surface area contributed by atoms with Crippen LogP contribution in [0.5, 0.6) is 0 Å². The smallest absolute Gasteiger partial charge is 0.245 e. The van der Waals surface area contributed by atoms with Crippen molar-refractivity contribution in [3.05, 3.63) is 41.1 Å². The number of nitrogens with zero attached hydrogens (tertiary/aromatic N) is 4. The lowest BCUT2D eigenvalue weighted by atomic mass is 10.1. The van der Waals surface area contributed by atoms with Gasteiger partial charge in [-0.25, -0.2) is 4.68 Å². The molecule has 0 fully saturated rings. The number of benzene rings is 1. The molecule has 0 saturated heterocycles. The van der Waals surface area contributed by atoms with Gasteiger partial charge in [-0.05, 0) is 31.5 Å². The number of carbonyl (C=O) groups is 3. The van der Waals surface area contributed by atoms with Crippen LogP contribution in [0.2, 0.25) is 0 Å².